The van der Waals surface area contributed by atoms with Gasteiger partial charge in [0.25, 0.3) is 5.56 Å². The van der Waals surface area contributed by atoms with Crippen LogP contribution < -0.4 is 5.56 Å². The van der Waals surface area contributed by atoms with Gasteiger partial charge < -0.3 is 19.5 Å². The van der Waals surface area contributed by atoms with E-state index in [1.54, 1.807) is 25.1 Å². The molecular formula is C22H19F3N2O5. The Labute approximate surface area is 179 Å². The zero-order valence-corrected chi connectivity index (χ0v) is 16.9. The summed E-state index contributed by atoms with van der Waals surface area (Å²) in [5, 5.41) is 20.2. The first-order valence-corrected chi connectivity index (χ1v) is 9.86. The van der Waals surface area contributed by atoms with E-state index in [0.717, 1.165) is 0 Å². The molecule has 168 valence electrons. The number of carbonyl (C=O) groups is 1. The van der Waals surface area contributed by atoms with Crippen molar-refractivity contribution in [3.63, 3.8) is 0 Å². The number of carboxylic acid groups (broad SMARTS) is 1. The Bertz CT molecular complexity index is 1280. The second-order valence-corrected chi connectivity index (χ2v) is 7.60. The van der Waals surface area contributed by atoms with Crippen LogP contribution in [0.15, 0.2) is 35.1 Å². The maximum Gasteiger partial charge on any atom is 0.411 e. The minimum atomic E-state index is -4.58. The second-order valence-electron chi connectivity index (χ2n) is 7.60. The number of aliphatic carboxylic acids is 1. The summed E-state index contributed by atoms with van der Waals surface area (Å²) in [6.45, 7) is -0.502. The lowest BCUT2D eigenvalue weighted by atomic mass is 9.92. The molecule has 1 atom stereocenters. The molecule has 0 aliphatic carbocycles. The van der Waals surface area contributed by atoms with Gasteiger partial charge in [0.2, 0.25) is 0 Å². The maximum absolute atomic E-state index is 13.2. The fourth-order valence-corrected chi connectivity index (χ4v) is 4.05. The molecular weight excluding hydrogens is 429 g/mol. The van der Waals surface area contributed by atoms with E-state index in [-0.39, 0.29) is 29.8 Å². The molecule has 1 unspecified atom stereocenters. The Kier molecular flexibility index (Phi) is 5.41. The number of pyridine rings is 2. The van der Waals surface area contributed by atoms with Crippen molar-refractivity contribution < 1.29 is 32.9 Å². The molecule has 10 heteroatoms. The molecule has 2 aromatic heterocycles. The number of alkyl halides is 3. The molecule has 1 aliphatic rings. The third-order valence-electron chi connectivity index (χ3n) is 5.51. The minimum absolute atomic E-state index is 0.0277. The molecule has 0 saturated heterocycles. The van der Waals surface area contributed by atoms with E-state index in [1.807, 2.05) is 0 Å². The highest BCUT2D eigenvalue weighted by molar-refractivity contribution is 5.89. The van der Waals surface area contributed by atoms with E-state index in [9.17, 15) is 33.0 Å². The first-order chi connectivity index (χ1) is 15.1. The lowest BCUT2D eigenvalue weighted by Gasteiger charge is -2.18. The summed E-state index contributed by atoms with van der Waals surface area (Å²) >= 11 is 0. The average Bonchev–Trinajstić information content (AvgIpc) is 3.06. The van der Waals surface area contributed by atoms with Gasteiger partial charge in [-0.25, -0.2) is 4.98 Å². The zero-order valence-electron chi connectivity index (χ0n) is 16.9. The van der Waals surface area contributed by atoms with Gasteiger partial charge in [0.05, 0.1) is 36.0 Å². The average molecular weight is 448 g/mol. The largest absolute Gasteiger partial charge is 0.507 e. The minimum Gasteiger partial charge on any atom is -0.507 e. The van der Waals surface area contributed by atoms with Crippen molar-refractivity contribution in [2.24, 2.45) is 0 Å². The van der Waals surface area contributed by atoms with Gasteiger partial charge in [-0.2, -0.15) is 13.2 Å². The molecule has 4 rings (SSSR count). The van der Waals surface area contributed by atoms with Crippen molar-refractivity contribution in [2.45, 2.75) is 38.6 Å². The molecule has 0 fully saturated rings. The first-order valence-electron chi connectivity index (χ1n) is 9.86. The summed E-state index contributed by atoms with van der Waals surface area (Å²) < 4.78 is 43.7. The van der Waals surface area contributed by atoms with Crippen molar-refractivity contribution in [3.05, 3.63) is 57.4 Å². The van der Waals surface area contributed by atoms with Gasteiger partial charge >= 0.3 is 12.1 Å². The Balaban J connectivity index is 1.87. The van der Waals surface area contributed by atoms with Gasteiger partial charge in [0.15, 0.2) is 0 Å². The number of halogens is 3. The van der Waals surface area contributed by atoms with Crippen molar-refractivity contribution in [1.29, 1.82) is 0 Å². The van der Waals surface area contributed by atoms with Crippen LogP contribution in [0.2, 0.25) is 0 Å². The molecule has 1 aliphatic heterocycles. The molecule has 0 spiro atoms. The molecule has 3 heterocycles. The Morgan fingerprint density at radius 3 is 2.72 bits per heavy atom. The summed E-state index contributed by atoms with van der Waals surface area (Å²) in [6.07, 6.45) is -4.44. The van der Waals surface area contributed by atoms with Gasteiger partial charge in [-0.3, -0.25) is 9.59 Å². The molecule has 0 bridgehead atoms. The first kappa shape index (κ1) is 21.8. The van der Waals surface area contributed by atoms with Gasteiger partial charge in [0.1, 0.15) is 12.4 Å². The van der Waals surface area contributed by atoms with E-state index in [2.05, 4.69) is 4.98 Å². The van der Waals surface area contributed by atoms with Crippen LogP contribution in [0, 0.1) is 0 Å². The van der Waals surface area contributed by atoms with Crippen molar-refractivity contribution in [3.8, 4) is 17.1 Å². The van der Waals surface area contributed by atoms with Crippen LogP contribution in [0.3, 0.4) is 0 Å². The third-order valence-corrected chi connectivity index (χ3v) is 5.51. The molecule has 0 amide bonds. The summed E-state index contributed by atoms with van der Waals surface area (Å²) in [5.74, 6) is -2.25. The summed E-state index contributed by atoms with van der Waals surface area (Å²) in [6, 6.07) is 8.04. The standard InChI is InChI=1S/C22H19F3N2O5/c1-2-12(21(30)31)13-7-17-19-11(6-14-16(26-19)4-3-5-18(14)28)8-27(17)20(29)15(13)9-32-10-22(23,24)25/h3-7,12,28H,2,8-10H2,1H3,(H,30,31). The number of aromatic hydroxyl groups is 1. The van der Waals surface area contributed by atoms with Gasteiger partial charge in [-0.05, 0) is 36.2 Å². The number of rotatable bonds is 6. The zero-order chi connectivity index (χ0) is 23.2. The van der Waals surface area contributed by atoms with Crippen molar-refractivity contribution >= 4 is 16.9 Å². The number of nitrogens with zero attached hydrogens (tertiary/aromatic N) is 2. The number of hydrogen-bond donors (Lipinski definition) is 2. The Hall–Kier alpha value is -3.40. The van der Waals surface area contributed by atoms with Crippen molar-refractivity contribution in [1.82, 2.24) is 9.55 Å². The Morgan fingerprint density at radius 2 is 2.06 bits per heavy atom. The number of aromatic nitrogens is 2. The Morgan fingerprint density at radius 1 is 1.31 bits per heavy atom. The van der Waals surface area contributed by atoms with Crippen LogP contribution in [-0.4, -0.2) is 38.5 Å². The number of ether oxygens (including phenoxy) is 1. The predicted molar refractivity (Wildman–Crippen MR) is 109 cm³/mol. The van der Waals surface area contributed by atoms with Gasteiger partial charge in [0, 0.05) is 16.5 Å². The quantitative estimate of drug-likeness (QED) is 0.466. The topological polar surface area (TPSA) is 102 Å². The van der Waals surface area contributed by atoms with Gasteiger partial charge in [-0.1, -0.05) is 13.0 Å². The van der Waals surface area contributed by atoms with E-state index in [4.69, 9.17) is 4.74 Å². The van der Waals surface area contributed by atoms with E-state index in [0.29, 0.717) is 27.9 Å². The summed E-state index contributed by atoms with van der Waals surface area (Å²) in [4.78, 5) is 29.6. The van der Waals surface area contributed by atoms with E-state index < -0.39 is 36.8 Å². The molecule has 1 aromatic carbocycles. The van der Waals surface area contributed by atoms with Crippen LogP contribution in [-0.2, 0) is 22.7 Å². The van der Waals surface area contributed by atoms with Crippen LogP contribution in [0.25, 0.3) is 22.3 Å². The molecule has 32 heavy (non-hydrogen) atoms. The van der Waals surface area contributed by atoms with Crippen LogP contribution in [0.4, 0.5) is 13.2 Å². The SMILES string of the molecule is CCC(C(=O)O)c1cc2n(c(=O)c1COCC(F)(F)F)Cc1cc3c(O)cccc3nc1-2. The van der Waals surface area contributed by atoms with Gasteiger partial charge in [-0.15, -0.1) is 0 Å². The monoisotopic (exact) mass is 448 g/mol. The number of phenols is 1. The summed E-state index contributed by atoms with van der Waals surface area (Å²) in [5.41, 5.74) is 1.35. The number of hydrogen-bond acceptors (Lipinski definition) is 5. The number of phenolic OH excluding ortho intramolecular Hbond substituents is 1. The molecule has 7 nitrogen and oxygen atoms in total. The summed E-state index contributed by atoms with van der Waals surface area (Å²) in [7, 11) is 0. The van der Waals surface area contributed by atoms with E-state index >= 15 is 0 Å². The van der Waals surface area contributed by atoms with Crippen molar-refractivity contribution in [2.75, 3.05) is 6.61 Å². The van der Waals surface area contributed by atoms with E-state index in [1.165, 1.54) is 16.7 Å². The number of carboxylic acids is 1. The highest BCUT2D eigenvalue weighted by Gasteiger charge is 2.32. The van der Waals surface area contributed by atoms with Crippen LogP contribution >= 0.6 is 0 Å². The normalized spacial score (nSPS) is 13.8. The van der Waals surface area contributed by atoms with Crippen LogP contribution in [0.1, 0.15) is 36.0 Å². The smallest absolute Gasteiger partial charge is 0.411 e. The fourth-order valence-electron chi connectivity index (χ4n) is 4.05. The molecule has 0 radical (unpaired) electrons. The van der Waals surface area contributed by atoms with Crippen LogP contribution in [0.5, 0.6) is 5.75 Å². The maximum atomic E-state index is 13.2. The highest BCUT2D eigenvalue weighted by atomic mass is 19.4. The molecule has 3 aromatic rings. The third kappa shape index (κ3) is 3.81. The molecule has 2 N–H and O–H groups in total. The molecule has 0 saturated carbocycles. The second kappa shape index (κ2) is 7.94. The lowest BCUT2D eigenvalue weighted by Crippen LogP contribution is -2.28. The number of fused-ring (bicyclic) bond motifs is 4. The highest BCUT2D eigenvalue weighted by Crippen LogP contribution is 2.36. The number of benzene rings is 1. The predicted octanol–water partition coefficient (Wildman–Crippen LogP) is 3.79. The fraction of sp³-hybridized carbons (Fsp3) is 0.318. The lowest BCUT2D eigenvalue weighted by molar-refractivity contribution is -0.176.